The van der Waals surface area contributed by atoms with Gasteiger partial charge in [0, 0.05) is 51.5 Å². The summed E-state index contributed by atoms with van der Waals surface area (Å²) in [5, 5.41) is 8.82. The van der Waals surface area contributed by atoms with E-state index in [1.807, 2.05) is 26.5 Å². The molecule has 2 atom stereocenters. The summed E-state index contributed by atoms with van der Waals surface area (Å²) in [6, 6.07) is 2.94. The van der Waals surface area contributed by atoms with Crippen molar-refractivity contribution in [3.05, 3.63) is 35.9 Å². The minimum Gasteiger partial charge on any atom is -0.379 e. The minimum atomic E-state index is -2.46. The maximum Gasteiger partial charge on any atom is 0.253 e. The number of rotatable bonds is 9. The second-order valence-corrected chi connectivity index (χ2v) is 8.63. The number of ether oxygens (including phenoxy) is 1. The number of amides is 1. The average molecular weight is 464 g/mol. The van der Waals surface area contributed by atoms with Gasteiger partial charge in [0.25, 0.3) is 6.43 Å². The van der Waals surface area contributed by atoms with Crippen LogP contribution in [0.5, 0.6) is 0 Å². The van der Waals surface area contributed by atoms with Crippen LogP contribution >= 0.6 is 0 Å². The molecule has 2 unspecified atom stereocenters. The molecule has 0 spiro atoms. The van der Waals surface area contributed by atoms with E-state index in [1.165, 1.54) is 0 Å². The Morgan fingerprint density at radius 3 is 2.64 bits per heavy atom. The molecule has 2 aliphatic rings. The average Bonchev–Trinajstić information content (AvgIpc) is 3.22. The Morgan fingerprint density at radius 2 is 1.94 bits per heavy atom. The lowest BCUT2D eigenvalue weighted by Gasteiger charge is -2.35. The van der Waals surface area contributed by atoms with Crippen molar-refractivity contribution in [2.75, 3.05) is 44.3 Å². The smallest absolute Gasteiger partial charge is 0.253 e. The number of carbonyl (C=O) groups is 1. The van der Waals surface area contributed by atoms with Crippen molar-refractivity contribution in [2.45, 2.75) is 44.7 Å². The number of morpholine rings is 1. The fraction of sp³-hybridized carbons (Fsp3) is 0.636. The second-order valence-electron chi connectivity index (χ2n) is 8.63. The zero-order chi connectivity index (χ0) is 23.2. The van der Waals surface area contributed by atoms with Gasteiger partial charge in [0.1, 0.15) is 5.82 Å². The van der Waals surface area contributed by atoms with Gasteiger partial charge in [0.2, 0.25) is 11.9 Å². The number of piperidine rings is 1. The van der Waals surface area contributed by atoms with E-state index in [9.17, 15) is 13.6 Å². The molecule has 1 amide bonds. The molecular formula is C22H31F2N7O2. The molecule has 0 aromatic carbocycles. The van der Waals surface area contributed by atoms with E-state index in [2.05, 4.69) is 15.2 Å². The third-order valence-corrected chi connectivity index (χ3v) is 6.48. The van der Waals surface area contributed by atoms with Crippen molar-refractivity contribution in [3.63, 3.8) is 0 Å². The van der Waals surface area contributed by atoms with Crippen LogP contribution in [-0.4, -0.2) is 82.4 Å². The lowest BCUT2D eigenvalue weighted by atomic mass is 9.98. The van der Waals surface area contributed by atoms with Gasteiger partial charge < -0.3 is 15.4 Å². The molecule has 2 aromatic rings. The first kappa shape index (κ1) is 23.5. The van der Waals surface area contributed by atoms with Gasteiger partial charge in [-0.3, -0.25) is 19.2 Å². The Hall–Kier alpha value is -2.66. The van der Waals surface area contributed by atoms with Crippen molar-refractivity contribution in [1.82, 2.24) is 24.6 Å². The van der Waals surface area contributed by atoms with Crippen molar-refractivity contribution in [1.29, 1.82) is 0 Å². The Balaban J connectivity index is 1.57. The van der Waals surface area contributed by atoms with Crippen LogP contribution in [0.4, 0.5) is 14.7 Å². The van der Waals surface area contributed by atoms with E-state index in [1.54, 1.807) is 12.4 Å². The number of primary amides is 1. The van der Waals surface area contributed by atoms with E-state index in [4.69, 9.17) is 10.5 Å². The van der Waals surface area contributed by atoms with Crippen LogP contribution in [0.25, 0.3) is 0 Å². The number of carbonyl (C=O) groups excluding carboxylic acids is 1. The number of hydrogen-bond donors (Lipinski definition) is 1. The van der Waals surface area contributed by atoms with E-state index < -0.39 is 12.5 Å². The number of pyridine rings is 1. The Bertz CT molecular complexity index is 905. The van der Waals surface area contributed by atoms with Crippen molar-refractivity contribution < 1.29 is 18.3 Å². The first-order valence-corrected chi connectivity index (χ1v) is 11.5. The molecule has 4 rings (SSSR count). The van der Waals surface area contributed by atoms with Gasteiger partial charge in [0.05, 0.1) is 25.2 Å². The monoisotopic (exact) mass is 463 g/mol. The zero-order valence-electron chi connectivity index (χ0n) is 18.7. The van der Waals surface area contributed by atoms with E-state index in [0.29, 0.717) is 57.6 Å². The Labute approximate surface area is 191 Å². The van der Waals surface area contributed by atoms with E-state index in [-0.39, 0.29) is 18.2 Å². The molecule has 2 saturated heterocycles. The SMILES string of the molecule is NC(=O)C1CCCN(c2nnc(Cc3ccncc3)n2CCC(C(F)F)N2CCOCC2)C1. The van der Waals surface area contributed by atoms with Crippen molar-refractivity contribution >= 4 is 11.9 Å². The third kappa shape index (κ3) is 5.83. The molecule has 2 aromatic heterocycles. The van der Waals surface area contributed by atoms with Crippen LogP contribution in [0, 0.1) is 5.92 Å². The van der Waals surface area contributed by atoms with Crippen LogP contribution in [0.3, 0.4) is 0 Å². The first-order valence-electron chi connectivity index (χ1n) is 11.5. The summed E-state index contributed by atoms with van der Waals surface area (Å²) in [6.45, 7) is 3.48. The van der Waals surface area contributed by atoms with E-state index in [0.717, 1.165) is 24.9 Å². The molecule has 33 heavy (non-hydrogen) atoms. The maximum atomic E-state index is 14.0. The molecule has 2 fully saturated rings. The highest BCUT2D eigenvalue weighted by atomic mass is 19.3. The second kappa shape index (κ2) is 11.0. The van der Waals surface area contributed by atoms with Crippen LogP contribution in [0.1, 0.15) is 30.7 Å². The first-order chi connectivity index (χ1) is 16.0. The Morgan fingerprint density at radius 1 is 1.18 bits per heavy atom. The molecule has 0 radical (unpaired) electrons. The molecule has 4 heterocycles. The molecule has 0 saturated carbocycles. The standard InChI is InChI=1S/C22H31F2N7O2/c23-20(24)18(29-10-12-33-13-11-29)5-9-31-19(14-16-3-6-26-7-4-16)27-28-22(31)30-8-1-2-17(15-30)21(25)32/h3-4,6-7,17-18,20H,1-2,5,8-15H2,(H2,25,32). The molecule has 0 bridgehead atoms. The van der Waals surface area contributed by atoms with Crippen molar-refractivity contribution in [2.24, 2.45) is 11.7 Å². The number of halogens is 2. The summed E-state index contributed by atoms with van der Waals surface area (Å²) in [5.74, 6) is 0.731. The number of anilines is 1. The highest BCUT2D eigenvalue weighted by molar-refractivity contribution is 5.77. The maximum absolute atomic E-state index is 14.0. The Kier molecular flexibility index (Phi) is 7.81. The van der Waals surface area contributed by atoms with Gasteiger partial charge in [-0.25, -0.2) is 8.78 Å². The highest BCUT2D eigenvalue weighted by Gasteiger charge is 2.31. The molecular weight excluding hydrogens is 432 g/mol. The minimum absolute atomic E-state index is 0.255. The normalized spacial score (nSPS) is 20.8. The zero-order valence-corrected chi connectivity index (χ0v) is 18.7. The predicted octanol–water partition coefficient (Wildman–Crippen LogP) is 1.32. The fourth-order valence-electron chi connectivity index (χ4n) is 4.63. The summed E-state index contributed by atoms with van der Waals surface area (Å²) in [4.78, 5) is 19.6. The summed E-state index contributed by atoms with van der Waals surface area (Å²) in [5.41, 5.74) is 6.57. The van der Waals surface area contributed by atoms with Gasteiger partial charge in [0.15, 0.2) is 0 Å². The number of nitrogens with zero attached hydrogens (tertiary/aromatic N) is 6. The van der Waals surface area contributed by atoms with Crippen LogP contribution in [0.2, 0.25) is 0 Å². The van der Waals surface area contributed by atoms with Gasteiger partial charge in [-0.15, -0.1) is 10.2 Å². The lowest BCUT2D eigenvalue weighted by molar-refractivity contribution is -0.122. The van der Waals surface area contributed by atoms with Gasteiger partial charge in [-0.2, -0.15) is 0 Å². The van der Waals surface area contributed by atoms with Crippen molar-refractivity contribution in [3.8, 4) is 0 Å². The summed E-state index contributed by atoms with van der Waals surface area (Å²) >= 11 is 0. The summed E-state index contributed by atoms with van der Waals surface area (Å²) in [6.07, 6.45) is 3.30. The van der Waals surface area contributed by atoms with Crippen LogP contribution < -0.4 is 10.6 Å². The number of hydrogen-bond acceptors (Lipinski definition) is 7. The quantitative estimate of drug-likeness (QED) is 0.598. The topological polar surface area (TPSA) is 102 Å². The molecule has 2 aliphatic heterocycles. The van der Waals surface area contributed by atoms with E-state index >= 15 is 0 Å². The van der Waals surface area contributed by atoms with Crippen LogP contribution in [0.15, 0.2) is 24.5 Å². The number of alkyl halides is 2. The highest BCUT2D eigenvalue weighted by Crippen LogP contribution is 2.25. The molecule has 2 N–H and O–H groups in total. The predicted molar refractivity (Wildman–Crippen MR) is 118 cm³/mol. The molecule has 9 nitrogen and oxygen atoms in total. The lowest BCUT2D eigenvalue weighted by Crippen LogP contribution is -2.47. The fourth-order valence-corrected chi connectivity index (χ4v) is 4.63. The summed E-state index contributed by atoms with van der Waals surface area (Å²) < 4.78 is 35.2. The molecule has 0 aliphatic carbocycles. The van der Waals surface area contributed by atoms with Gasteiger partial charge in [-0.05, 0) is 37.0 Å². The number of nitrogens with two attached hydrogens (primary N) is 1. The molecule has 180 valence electrons. The largest absolute Gasteiger partial charge is 0.379 e. The summed E-state index contributed by atoms with van der Waals surface area (Å²) in [7, 11) is 0. The molecule has 11 heteroatoms. The van der Waals surface area contributed by atoms with Gasteiger partial charge in [-0.1, -0.05) is 0 Å². The third-order valence-electron chi connectivity index (χ3n) is 6.48. The van der Waals surface area contributed by atoms with Crippen LogP contribution in [-0.2, 0) is 22.5 Å². The van der Waals surface area contributed by atoms with Gasteiger partial charge >= 0.3 is 0 Å². The number of aromatic nitrogens is 4.